The zero-order valence-electron chi connectivity index (χ0n) is 6.76. The van der Waals surface area contributed by atoms with Gasteiger partial charge in [0, 0.05) is 40.5 Å². The van der Waals surface area contributed by atoms with E-state index < -0.39 is 18.6 Å². The summed E-state index contributed by atoms with van der Waals surface area (Å²) in [7, 11) is 0. The van der Waals surface area contributed by atoms with Crippen molar-refractivity contribution in [3.63, 3.8) is 0 Å². The number of carbonyl (C=O) groups is 2. The van der Waals surface area contributed by atoms with E-state index >= 15 is 0 Å². The van der Waals surface area contributed by atoms with E-state index in [1.54, 1.807) is 0 Å². The van der Waals surface area contributed by atoms with E-state index in [2.05, 4.69) is 0 Å². The quantitative estimate of drug-likeness (QED) is 0.278. The molecule has 0 atom stereocenters. The fraction of sp³-hybridized carbons (Fsp3) is 0.333. The molecule has 1 radical (unpaired) electrons. The van der Waals surface area contributed by atoms with Gasteiger partial charge in [0.25, 0.3) is 0 Å². The van der Waals surface area contributed by atoms with Gasteiger partial charge in [-0.2, -0.15) is 0 Å². The molecular weight excluding hydrogens is 108 g/mol. The number of Topliss-reactive ketones (excluding diaryl/α,β-unsaturated/α-hetero) is 1. The first kappa shape index (κ1) is 4.06. The van der Waals surface area contributed by atoms with Crippen LogP contribution in [0.25, 0.3) is 0 Å². The van der Waals surface area contributed by atoms with Crippen LogP contribution in [0.5, 0.6) is 0 Å². The molecular formula is C3H4NaO3. The summed E-state index contributed by atoms with van der Waals surface area (Å²) in [6, 6.07) is 0. The smallest absolute Gasteiger partial charge is 0.371 e. The number of ketones is 1. The molecule has 0 aliphatic heterocycles. The molecule has 0 rings (SSSR count). The van der Waals surface area contributed by atoms with Crippen LogP contribution in [0.1, 0.15) is 11.0 Å². The minimum atomic E-state index is -3.01. The van der Waals surface area contributed by atoms with Crippen LogP contribution in [-0.2, 0) is 9.59 Å². The van der Waals surface area contributed by atoms with Crippen molar-refractivity contribution in [1.82, 2.24) is 0 Å². The summed E-state index contributed by atoms with van der Waals surface area (Å²) in [5.41, 5.74) is 0. The van der Waals surface area contributed by atoms with E-state index in [4.69, 9.17) is 9.22 Å². The van der Waals surface area contributed by atoms with Gasteiger partial charge in [-0.05, 0) is 0 Å². The minimum absolute atomic E-state index is 0. The van der Waals surface area contributed by atoms with Crippen LogP contribution in [-0.4, -0.2) is 46.4 Å². The van der Waals surface area contributed by atoms with Gasteiger partial charge in [0.2, 0.25) is 5.78 Å². The monoisotopic (exact) mass is 115 g/mol. The van der Waals surface area contributed by atoms with Gasteiger partial charge < -0.3 is 5.11 Å². The van der Waals surface area contributed by atoms with E-state index in [9.17, 15) is 9.59 Å². The maximum absolute atomic E-state index is 10.0. The van der Waals surface area contributed by atoms with Crippen LogP contribution in [0.3, 0.4) is 0 Å². The van der Waals surface area contributed by atoms with Crippen molar-refractivity contribution in [1.29, 1.82) is 0 Å². The van der Waals surface area contributed by atoms with Crippen molar-refractivity contribution >= 4 is 41.3 Å². The Morgan fingerprint density at radius 3 is 2.14 bits per heavy atom. The van der Waals surface area contributed by atoms with Crippen LogP contribution in [0.2, 0.25) is 0 Å². The number of rotatable bonds is 1. The predicted molar refractivity (Wildman–Crippen MR) is 24.1 cm³/mol. The Kier molecular flexibility index (Phi) is 2.50. The summed E-state index contributed by atoms with van der Waals surface area (Å²) in [5.74, 6) is -3.67. The molecule has 0 aromatic carbocycles. The fourth-order valence-corrected chi connectivity index (χ4v) is 0. The molecule has 0 bridgehead atoms. The summed E-state index contributed by atoms with van der Waals surface area (Å²) < 4.78 is 18.8. The normalized spacial score (nSPS) is 14.6. The standard InChI is InChI=1S/C3H4O3.Na/c1-2(4)3(5)6;/h1H3,(H,5,6);/i1+1D3;. The Hall–Kier alpha value is 0.140. The second-order valence-electron chi connectivity index (χ2n) is 0.634. The van der Waals surface area contributed by atoms with Gasteiger partial charge in [0.15, 0.2) is 0 Å². The van der Waals surface area contributed by atoms with E-state index in [-0.39, 0.29) is 29.6 Å². The van der Waals surface area contributed by atoms with E-state index in [1.807, 2.05) is 0 Å². The van der Waals surface area contributed by atoms with Crippen LogP contribution in [0.15, 0.2) is 0 Å². The summed E-state index contributed by atoms with van der Waals surface area (Å²) in [5, 5.41) is 7.81. The third-order valence-corrected chi connectivity index (χ3v) is 0.194. The summed E-state index contributed by atoms with van der Waals surface area (Å²) in [6.07, 6.45) is 0. The Balaban J connectivity index is 0. The molecule has 35 valence electrons. The molecule has 0 fully saturated rings. The average Bonchev–Trinajstić information content (AvgIpc) is 1.62. The largest absolute Gasteiger partial charge is 0.476 e. The molecule has 0 aliphatic rings. The fourth-order valence-electron chi connectivity index (χ4n) is 0. The first-order valence-corrected chi connectivity index (χ1v) is 1.13. The van der Waals surface area contributed by atoms with Crippen molar-refractivity contribution in [3.8, 4) is 0 Å². The topological polar surface area (TPSA) is 54.4 Å². The molecule has 0 amide bonds. The molecule has 0 unspecified atom stereocenters. The number of aliphatic carboxylic acids is 1. The molecule has 0 aliphatic carbocycles. The maximum atomic E-state index is 10.0. The Bertz CT molecular complexity index is 152. The molecule has 0 saturated carbocycles. The van der Waals surface area contributed by atoms with Crippen LogP contribution < -0.4 is 0 Å². The molecule has 0 heterocycles. The number of hydrogen-bond donors (Lipinski definition) is 1. The molecule has 0 aromatic heterocycles. The van der Waals surface area contributed by atoms with Gasteiger partial charge in [-0.15, -0.1) is 0 Å². The summed E-state index contributed by atoms with van der Waals surface area (Å²) >= 11 is 0. The van der Waals surface area contributed by atoms with Gasteiger partial charge >= 0.3 is 5.97 Å². The third-order valence-electron chi connectivity index (χ3n) is 0.194. The first-order chi connectivity index (χ1) is 3.85. The van der Waals surface area contributed by atoms with Gasteiger partial charge in [-0.1, -0.05) is 0 Å². The molecule has 1 N–H and O–H groups in total. The Morgan fingerprint density at radius 2 is 2.14 bits per heavy atom. The van der Waals surface area contributed by atoms with Gasteiger partial charge in [0.1, 0.15) is 0 Å². The molecule has 3 nitrogen and oxygen atoms in total. The molecule has 0 spiro atoms. The van der Waals surface area contributed by atoms with Crippen molar-refractivity contribution in [2.75, 3.05) is 0 Å². The SMILES string of the molecule is [2H][13C]([2H])([2H])C(=O)C(=O)O.[Na]. The van der Waals surface area contributed by atoms with Gasteiger partial charge in [-0.25, -0.2) is 4.79 Å². The van der Waals surface area contributed by atoms with Gasteiger partial charge in [0.05, 0.1) is 0 Å². The van der Waals surface area contributed by atoms with Crippen molar-refractivity contribution in [2.24, 2.45) is 0 Å². The second-order valence-corrected chi connectivity index (χ2v) is 0.634. The minimum Gasteiger partial charge on any atom is -0.476 e. The summed E-state index contributed by atoms with van der Waals surface area (Å²) in [4.78, 5) is 19.6. The predicted octanol–water partition coefficient (Wildman–Crippen LogP) is -0.721. The van der Waals surface area contributed by atoms with E-state index in [1.165, 1.54) is 0 Å². The maximum Gasteiger partial charge on any atom is 0.371 e. The Morgan fingerprint density at radius 1 is 1.71 bits per heavy atom. The number of carboxylic acid groups (broad SMARTS) is 1. The van der Waals surface area contributed by atoms with Crippen molar-refractivity contribution in [3.05, 3.63) is 0 Å². The molecule has 4 heteroatoms. The van der Waals surface area contributed by atoms with Gasteiger partial charge in [-0.3, -0.25) is 4.79 Å². The van der Waals surface area contributed by atoms with Crippen molar-refractivity contribution in [2.45, 2.75) is 6.85 Å². The second kappa shape index (κ2) is 4.30. The number of carboxylic acids is 1. The van der Waals surface area contributed by atoms with E-state index in [0.717, 1.165) is 0 Å². The number of hydrogen-bond acceptors (Lipinski definition) is 2. The zero-order chi connectivity index (χ0) is 7.65. The number of carbonyl (C=O) groups excluding carboxylic acids is 1. The molecule has 7 heavy (non-hydrogen) atoms. The first-order valence-electron chi connectivity index (χ1n) is 2.63. The molecule has 0 saturated heterocycles. The third kappa shape index (κ3) is 6.14. The van der Waals surface area contributed by atoms with Crippen LogP contribution >= 0.6 is 0 Å². The average molecular weight is 115 g/mol. The summed E-state index contributed by atoms with van der Waals surface area (Å²) in [6.45, 7) is -3.01. The van der Waals surface area contributed by atoms with Crippen molar-refractivity contribution < 1.29 is 18.8 Å². The van der Waals surface area contributed by atoms with Crippen LogP contribution in [0, 0.1) is 0 Å². The Labute approximate surface area is 67.2 Å². The van der Waals surface area contributed by atoms with E-state index in [0.29, 0.717) is 0 Å². The molecule has 0 aromatic rings. The van der Waals surface area contributed by atoms with Crippen LogP contribution in [0.4, 0.5) is 0 Å². The zero-order valence-corrected chi connectivity index (χ0v) is 5.76.